The first kappa shape index (κ1) is 15.4. The Morgan fingerprint density at radius 3 is 2.56 bits per heavy atom. The number of hydrogen-bond donors (Lipinski definition) is 3. The molecule has 0 heterocycles. The third kappa shape index (κ3) is 4.94. The maximum absolute atomic E-state index is 11.9. The van der Waals surface area contributed by atoms with E-state index in [9.17, 15) is 9.90 Å². The molecule has 106 valence electrons. The molecule has 0 radical (unpaired) electrons. The smallest absolute Gasteiger partial charge is 0.236 e. The number of amides is 1. The van der Waals surface area contributed by atoms with Crippen LogP contribution in [0.1, 0.15) is 46.5 Å². The van der Waals surface area contributed by atoms with E-state index in [1.807, 2.05) is 6.92 Å². The van der Waals surface area contributed by atoms with Crippen LogP contribution in [-0.2, 0) is 4.79 Å². The van der Waals surface area contributed by atoms with Crippen molar-refractivity contribution >= 4 is 5.91 Å². The summed E-state index contributed by atoms with van der Waals surface area (Å²) in [5.41, 5.74) is 0. The monoisotopic (exact) mass is 256 g/mol. The maximum Gasteiger partial charge on any atom is 0.236 e. The zero-order valence-corrected chi connectivity index (χ0v) is 11.9. The maximum atomic E-state index is 11.9. The van der Waals surface area contributed by atoms with Gasteiger partial charge in [-0.15, -0.1) is 0 Å². The first-order chi connectivity index (χ1) is 8.54. The minimum atomic E-state index is -0.180. The predicted molar refractivity (Wildman–Crippen MR) is 73.3 cm³/mol. The fourth-order valence-corrected chi connectivity index (χ4v) is 2.50. The van der Waals surface area contributed by atoms with Crippen LogP contribution in [0.5, 0.6) is 0 Å². The Morgan fingerprint density at radius 1 is 1.28 bits per heavy atom. The molecule has 0 aromatic carbocycles. The molecule has 1 saturated carbocycles. The molecule has 0 aromatic rings. The Morgan fingerprint density at radius 2 is 1.94 bits per heavy atom. The van der Waals surface area contributed by atoms with Crippen LogP contribution in [0.15, 0.2) is 0 Å². The highest BCUT2D eigenvalue weighted by Crippen LogP contribution is 2.24. The summed E-state index contributed by atoms with van der Waals surface area (Å²) in [6, 6.07) is 0.101. The fourth-order valence-electron chi connectivity index (χ4n) is 2.50. The first-order valence-corrected chi connectivity index (χ1v) is 7.19. The summed E-state index contributed by atoms with van der Waals surface area (Å²) in [7, 11) is 0. The normalized spacial score (nSPS) is 26.1. The molecule has 0 bridgehead atoms. The summed E-state index contributed by atoms with van der Waals surface area (Å²) in [5.74, 6) is 0.839. The van der Waals surface area contributed by atoms with Crippen molar-refractivity contribution in [1.29, 1.82) is 0 Å². The van der Waals surface area contributed by atoms with Crippen molar-refractivity contribution < 1.29 is 9.90 Å². The van der Waals surface area contributed by atoms with Gasteiger partial charge in [0.25, 0.3) is 0 Å². The minimum Gasteiger partial charge on any atom is -0.396 e. The van der Waals surface area contributed by atoms with Crippen molar-refractivity contribution in [3.63, 3.8) is 0 Å². The van der Waals surface area contributed by atoms with Gasteiger partial charge in [-0.2, -0.15) is 0 Å². The van der Waals surface area contributed by atoms with E-state index >= 15 is 0 Å². The van der Waals surface area contributed by atoms with E-state index in [0.717, 1.165) is 19.4 Å². The van der Waals surface area contributed by atoms with Crippen molar-refractivity contribution in [2.24, 2.45) is 11.8 Å². The summed E-state index contributed by atoms with van der Waals surface area (Å²) in [6.45, 7) is 7.01. The Labute approximate surface area is 111 Å². The van der Waals surface area contributed by atoms with Gasteiger partial charge in [0.15, 0.2) is 0 Å². The van der Waals surface area contributed by atoms with Crippen molar-refractivity contribution in [2.75, 3.05) is 13.2 Å². The van der Waals surface area contributed by atoms with Crippen LogP contribution in [0.25, 0.3) is 0 Å². The molecule has 1 aliphatic carbocycles. The average Bonchev–Trinajstić information content (AvgIpc) is 2.36. The lowest BCUT2D eigenvalue weighted by atomic mass is 9.84. The molecule has 4 nitrogen and oxygen atoms in total. The van der Waals surface area contributed by atoms with Gasteiger partial charge in [-0.25, -0.2) is 0 Å². The highest BCUT2D eigenvalue weighted by molar-refractivity contribution is 5.81. The van der Waals surface area contributed by atoms with Gasteiger partial charge in [0.2, 0.25) is 5.91 Å². The number of carbonyl (C=O) groups excluding carboxylic acids is 1. The molecule has 1 aliphatic rings. The van der Waals surface area contributed by atoms with E-state index in [1.54, 1.807) is 0 Å². The predicted octanol–water partition coefficient (Wildman–Crippen LogP) is 1.29. The molecule has 18 heavy (non-hydrogen) atoms. The van der Waals surface area contributed by atoms with Gasteiger partial charge in [-0.3, -0.25) is 4.79 Å². The molecular weight excluding hydrogens is 228 g/mol. The fraction of sp³-hybridized carbons (Fsp3) is 0.929. The molecular formula is C14H28N2O2. The first-order valence-electron chi connectivity index (χ1n) is 7.19. The molecule has 3 unspecified atom stereocenters. The zero-order chi connectivity index (χ0) is 13.5. The molecule has 0 aromatic heterocycles. The van der Waals surface area contributed by atoms with Crippen LogP contribution in [0, 0.1) is 11.8 Å². The largest absolute Gasteiger partial charge is 0.396 e. The summed E-state index contributed by atoms with van der Waals surface area (Å²) < 4.78 is 0. The number of aliphatic hydroxyl groups is 1. The summed E-state index contributed by atoms with van der Waals surface area (Å²) >= 11 is 0. The van der Waals surface area contributed by atoms with Gasteiger partial charge < -0.3 is 15.7 Å². The van der Waals surface area contributed by atoms with Gasteiger partial charge in [0.1, 0.15) is 0 Å². The molecule has 0 spiro atoms. The number of carbonyl (C=O) groups is 1. The summed E-state index contributed by atoms with van der Waals surface area (Å²) in [4.78, 5) is 11.9. The second kappa shape index (κ2) is 7.74. The topological polar surface area (TPSA) is 61.4 Å². The molecule has 3 atom stereocenters. The highest BCUT2D eigenvalue weighted by Gasteiger charge is 2.27. The summed E-state index contributed by atoms with van der Waals surface area (Å²) in [5, 5.41) is 15.7. The van der Waals surface area contributed by atoms with Crippen LogP contribution in [0.2, 0.25) is 0 Å². The van der Waals surface area contributed by atoms with E-state index in [0.29, 0.717) is 11.8 Å². The average molecular weight is 256 g/mol. The Kier molecular flexibility index (Phi) is 6.65. The van der Waals surface area contributed by atoms with Gasteiger partial charge in [-0.05, 0) is 31.6 Å². The number of hydrogen-bond acceptors (Lipinski definition) is 3. The Balaban J connectivity index is 2.37. The molecule has 1 amide bonds. The van der Waals surface area contributed by atoms with E-state index in [1.165, 1.54) is 12.8 Å². The van der Waals surface area contributed by atoms with Gasteiger partial charge >= 0.3 is 0 Å². The van der Waals surface area contributed by atoms with E-state index < -0.39 is 0 Å². The Bertz CT molecular complexity index is 256. The lowest BCUT2D eigenvalue weighted by molar-refractivity contribution is -0.123. The summed E-state index contributed by atoms with van der Waals surface area (Å²) in [6.07, 6.45) is 4.51. The lowest BCUT2D eigenvalue weighted by Crippen LogP contribution is -2.51. The van der Waals surface area contributed by atoms with Gasteiger partial charge in [0, 0.05) is 19.2 Å². The van der Waals surface area contributed by atoms with Crippen molar-refractivity contribution in [3.05, 3.63) is 0 Å². The van der Waals surface area contributed by atoms with Crippen LogP contribution >= 0.6 is 0 Å². The number of aliphatic hydroxyl groups excluding tert-OH is 1. The van der Waals surface area contributed by atoms with Crippen LogP contribution in [0.4, 0.5) is 0 Å². The molecule has 0 saturated heterocycles. The highest BCUT2D eigenvalue weighted by atomic mass is 16.3. The molecule has 1 rings (SSSR count). The van der Waals surface area contributed by atoms with E-state index in [4.69, 9.17) is 0 Å². The van der Waals surface area contributed by atoms with Crippen molar-refractivity contribution in [1.82, 2.24) is 10.6 Å². The SMILES string of the molecule is CC(C)CNC(=O)C(C)NC1CCCCC1CO. The van der Waals surface area contributed by atoms with Crippen LogP contribution in [0.3, 0.4) is 0 Å². The molecule has 0 aliphatic heterocycles. The van der Waals surface area contributed by atoms with Gasteiger partial charge in [-0.1, -0.05) is 26.7 Å². The molecule has 4 heteroatoms. The van der Waals surface area contributed by atoms with Crippen molar-refractivity contribution in [3.8, 4) is 0 Å². The number of nitrogens with one attached hydrogen (secondary N) is 2. The van der Waals surface area contributed by atoms with Crippen LogP contribution < -0.4 is 10.6 Å². The second-order valence-electron chi connectivity index (χ2n) is 5.86. The van der Waals surface area contributed by atoms with Gasteiger partial charge in [0.05, 0.1) is 6.04 Å². The van der Waals surface area contributed by atoms with E-state index in [-0.39, 0.29) is 24.6 Å². The van der Waals surface area contributed by atoms with Crippen LogP contribution in [-0.4, -0.2) is 36.2 Å². The zero-order valence-electron chi connectivity index (χ0n) is 11.9. The molecule has 3 N–H and O–H groups in total. The molecule has 1 fully saturated rings. The third-order valence-corrected chi connectivity index (χ3v) is 3.69. The quantitative estimate of drug-likeness (QED) is 0.671. The number of rotatable bonds is 6. The van der Waals surface area contributed by atoms with E-state index in [2.05, 4.69) is 24.5 Å². The van der Waals surface area contributed by atoms with Crippen molar-refractivity contribution in [2.45, 2.75) is 58.5 Å². The third-order valence-electron chi connectivity index (χ3n) is 3.69. The Hall–Kier alpha value is -0.610. The minimum absolute atomic E-state index is 0.0611. The standard InChI is InChI=1S/C14H28N2O2/c1-10(2)8-15-14(18)11(3)16-13-7-5-4-6-12(13)9-17/h10-13,16-17H,4-9H2,1-3H3,(H,15,18). The second-order valence-corrected chi connectivity index (χ2v) is 5.86. The lowest BCUT2D eigenvalue weighted by Gasteiger charge is -2.33.